The van der Waals surface area contributed by atoms with Gasteiger partial charge in [-0.3, -0.25) is 4.52 Å². The predicted octanol–water partition coefficient (Wildman–Crippen LogP) is 2.11. The fourth-order valence-corrected chi connectivity index (χ4v) is 5.05. The van der Waals surface area contributed by atoms with Gasteiger partial charge < -0.3 is 35.4 Å². The Labute approximate surface area is 232 Å². The molecule has 0 unspecified atom stereocenters. The zero-order valence-electron chi connectivity index (χ0n) is 21.2. The largest absolute Gasteiger partial charge is 0.469 e. The second kappa shape index (κ2) is 11.9. The van der Waals surface area contributed by atoms with Crippen molar-refractivity contribution in [2.24, 2.45) is 0 Å². The Morgan fingerprint density at radius 3 is 2.75 bits per heavy atom. The van der Waals surface area contributed by atoms with Gasteiger partial charge in [0.2, 0.25) is 5.95 Å². The Morgan fingerprint density at radius 2 is 2.10 bits per heavy atom. The molecule has 0 aliphatic carbocycles. The molecule has 0 bridgehead atoms. The molecule has 4 rings (SSSR count). The van der Waals surface area contributed by atoms with Gasteiger partial charge in [-0.1, -0.05) is 11.6 Å². The van der Waals surface area contributed by atoms with Crippen molar-refractivity contribution in [2.75, 3.05) is 42.3 Å². The predicted molar refractivity (Wildman–Crippen MR) is 142 cm³/mol. The normalized spacial score (nSPS) is 17.1. The fraction of sp³-hybridized carbons (Fsp3) is 0.364. The molecule has 1 amide bonds. The number of nitrogens with zero attached hydrogens (tertiary/aromatic N) is 7. The van der Waals surface area contributed by atoms with Crippen LogP contribution in [0.25, 0.3) is 5.65 Å². The monoisotopic (exact) mass is 590 g/mol. The van der Waals surface area contributed by atoms with E-state index in [9.17, 15) is 29.7 Å². The van der Waals surface area contributed by atoms with Crippen LogP contribution in [0.15, 0.2) is 18.3 Å². The molecule has 0 spiro atoms. The molecule has 1 aliphatic heterocycles. The minimum Gasteiger partial charge on any atom is -0.453 e. The summed E-state index contributed by atoms with van der Waals surface area (Å²) in [6, 6.07) is 6.32. The van der Waals surface area contributed by atoms with Gasteiger partial charge in [-0.25, -0.2) is 14.3 Å². The van der Waals surface area contributed by atoms with Gasteiger partial charge in [0.05, 0.1) is 47.4 Å². The van der Waals surface area contributed by atoms with E-state index >= 15 is 0 Å². The van der Waals surface area contributed by atoms with Crippen LogP contribution in [0.4, 0.5) is 27.9 Å². The number of methoxy groups -OCH3 is 1. The van der Waals surface area contributed by atoms with Crippen molar-refractivity contribution in [3.8, 4) is 12.1 Å². The van der Waals surface area contributed by atoms with E-state index in [-0.39, 0.29) is 47.4 Å². The summed E-state index contributed by atoms with van der Waals surface area (Å²) in [5, 5.41) is 32.2. The molecule has 40 heavy (non-hydrogen) atoms. The molecular formula is C22H24ClN10O6P. The van der Waals surface area contributed by atoms with E-state index in [1.54, 1.807) is 4.90 Å². The number of anilines is 4. The number of phosphoric acid groups is 1. The number of amides is 1. The maximum Gasteiger partial charge on any atom is 0.469 e. The summed E-state index contributed by atoms with van der Waals surface area (Å²) in [6.45, 7) is 2.60. The lowest BCUT2D eigenvalue weighted by Gasteiger charge is -2.39. The fourth-order valence-electron chi connectivity index (χ4n) is 4.21. The standard InChI is InChI=1S/C22H24ClN10O6P/c1-3-26-19-20-27-10-13(9-25)33(20)31-21(30-19)28-15-6-12(8-24)7-16(18(15)23)32-5-4-14(29-22(34)38-2)17(11-32)39-40(35,36)37/h6-7,10,14,17H,3-5,11H2,1-2H3,(H,29,34)(H2,35,36,37)(H2,26,28,30,31)/t14-,17-/m1/s1. The summed E-state index contributed by atoms with van der Waals surface area (Å²) in [5.41, 5.74) is 1.38. The van der Waals surface area contributed by atoms with Crippen molar-refractivity contribution in [1.82, 2.24) is 24.9 Å². The van der Waals surface area contributed by atoms with Crippen molar-refractivity contribution in [3.05, 3.63) is 34.6 Å². The topological polar surface area (TPSA) is 223 Å². The number of carbonyl (C=O) groups excluding carboxylic acids is 1. The first-order valence-corrected chi connectivity index (χ1v) is 13.7. The second-order valence-electron chi connectivity index (χ2n) is 8.51. The van der Waals surface area contributed by atoms with E-state index in [0.29, 0.717) is 23.7 Å². The molecule has 0 saturated carbocycles. The summed E-state index contributed by atoms with van der Waals surface area (Å²) in [4.78, 5) is 40.9. The van der Waals surface area contributed by atoms with Crippen LogP contribution in [-0.2, 0) is 13.8 Å². The Hall–Kier alpha value is -4.18. The number of hydrogen-bond donors (Lipinski definition) is 5. The van der Waals surface area contributed by atoms with Crippen LogP contribution in [-0.4, -0.2) is 74.4 Å². The van der Waals surface area contributed by atoms with Gasteiger partial charge in [0.25, 0.3) is 0 Å². The van der Waals surface area contributed by atoms with Gasteiger partial charge >= 0.3 is 13.9 Å². The van der Waals surface area contributed by atoms with Crippen molar-refractivity contribution >= 4 is 54.3 Å². The highest BCUT2D eigenvalue weighted by molar-refractivity contribution is 7.46. The highest BCUT2D eigenvalue weighted by Gasteiger charge is 2.37. The van der Waals surface area contributed by atoms with Gasteiger partial charge in [0.1, 0.15) is 12.2 Å². The van der Waals surface area contributed by atoms with Crippen molar-refractivity contribution in [1.29, 1.82) is 10.5 Å². The lowest BCUT2D eigenvalue weighted by Crippen LogP contribution is -2.55. The SMILES string of the molecule is CCNc1nc(Nc2cc(C#N)cc(N3CC[C@@H](NC(=O)OC)[C@H](OP(=O)(O)O)C3)c2Cl)nn2c(C#N)cnc12. The van der Waals surface area contributed by atoms with Crippen molar-refractivity contribution < 1.29 is 28.4 Å². The quantitative estimate of drug-likeness (QED) is 0.237. The number of nitriles is 2. The van der Waals surface area contributed by atoms with Crippen LogP contribution >= 0.6 is 19.4 Å². The van der Waals surface area contributed by atoms with Gasteiger partial charge in [0.15, 0.2) is 17.2 Å². The average Bonchev–Trinajstić information content (AvgIpc) is 3.33. The number of fused-ring (bicyclic) bond motifs is 1. The summed E-state index contributed by atoms with van der Waals surface area (Å²) in [7, 11) is -3.76. The summed E-state index contributed by atoms with van der Waals surface area (Å²) in [6.07, 6.45) is -0.324. The molecular weight excluding hydrogens is 567 g/mol. The Kier molecular flexibility index (Phi) is 8.58. The number of carbonyl (C=O) groups is 1. The molecule has 1 aliphatic rings. The van der Waals surface area contributed by atoms with E-state index in [1.807, 2.05) is 13.0 Å². The first kappa shape index (κ1) is 28.8. The van der Waals surface area contributed by atoms with Gasteiger partial charge in [0, 0.05) is 19.6 Å². The first-order valence-electron chi connectivity index (χ1n) is 11.8. The van der Waals surface area contributed by atoms with Crippen LogP contribution in [0, 0.1) is 22.7 Å². The molecule has 1 fully saturated rings. The minimum absolute atomic E-state index is 0.0598. The second-order valence-corrected chi connectivity index (χ2v) is 10.1. The van der Waals surface area contributed by atoms with Gasteiger partial charge in [-0.05, 0) is 25.5 Å². The number of halogens is 1. The molecule has 3 heterocycles. The molecule has 1 saturated heterocycles. The van der Waals surface area contributed by atoms with E-state index in [0.717, 1.165) is 0 Å². The van der Waals surface area contributed by atoms with E-state index in [4.69, 9.17) is 16.1 Å². The number of rotatable bonds is 8. The molecule has 0 radical (unpaired) electrons. The zero-order valence-corrected chi connectivity index (χ0v) is 22.8. The Balaban J connectivity index is 1.69. The van der Waals surface area contributed by atoms with Gasteiger partial charge in [-0.2, -0.15) is 20.0 Å². The molecule has 210 valence electrons. The maximum absolute atomic E-state index is 11.8. The highest BCUT2D eigenvalue weighted by atomic mass is 35.5. The van der Waals surface area contributed by atoms with Crippen LogP contribution < -0.4 is 20.9 Å². The number of ether oxygens (including phenoxy) is 1. The van der Waals surface area contributed by atoms with E-state index < -0.39 is 26.1 Å². The zero-order chi connectivity index (χ0) is 29.0. The number of alkyl carbamates (subject to hydrolysis) is 1. The molecule has 18 heteroatoms. The number of imidazole rings is 1. The molecule has 16 nitrogen and oxygen atoms in total. The Morgan fingerprint density at radius 1 is 1.32 bits per heavy atom. The lowest BCUT2D eigenvalue weighted by molar-refractivity contribution is 0.0874. The number of phosphoric ester groups is 1. The average molecular weight is 591 g/mol. The number of hydrogen-bond acceptors (Lipinski definition) is 12. The minimum atomic E-state index is -4.93. The maximum atomic E-state index is 11.8. The van der Waals surface area contributed by atoms with E-state index in [1.165, 1.54) is 30.0 Å². The summed E-state index contributed by atoms with van der Waals surface area (Å²) >= 11 is 6.76. The van der Waals surface area contributed by atoms with Crippen LogP contribution in [0.5, 0.6) is 0 Å². The van der Waals surface area contributed by atoms with Crippen molar-refractivity contribution in [2.45, 2.75) is 25.5 Å². The third-order valence-corrected chi connectivity index (χ3v) is 6.85. The van der Waals surface area contributed by atoms with Gasteiger partial charge in [-0.15, -0.1) is 5.10 Å². The van der Waals surface area contributed by atoms with Crippen LogP contribution in [0.3, 0.4) is 0 Å². The third-order valence-electron chi connectivity index (χ3n) is 5.91. The van der Waals surface area contributed by atoms with Crippen LogP contribution in [0.1, 0.15) is 24.6 Å². The Bertz CT molecular complexity index is 1560. The molecule has 2 atom stereocenters. The first-order chi connectivity index (χ1) is 19.1. The lowest BCUT2D eigenvalue weighted by atomic mass is 10.0. The van der Waals surface area contributed by atoms with Crippen LogP contribution in [0.2, 0.25) is 5.02 Å². The molecule has 3 aromatic rings. The summed E-state index contributed by atoms with van der Waals surface area (Å²) < 4.78 is 22.5. The number of piperidine rings is 1. The number of benzene rings is 1. The smallest absolute Gasteiger partial charge is 0.453 e. The molecule has 5 N–H and O–H groups in total. The van der Waals surface area contributed by atoms with E-state index in [2.05, 4.69) is 41.8 Å². The highest BCUT2D eigenvalue weighted by Crippen LogP contribution is 2.42. The number of aromatic nitrogens is 4. The summed E-state index contributed by atoms with van der Waals surface area (Å²) in [5.74, 6) is 0.427. The molecule has 2 aromatic heterocycles. The molecule has 1 aromatic carbocycles. The number of nitrogens with one attached hydrogen (secondary N) is 3. The third kappa shape index (κ3) is 6.34. The van der Waals surface area contributed by atoms with Crippen molar-refractivity contribution in [3.63, 3.8) is 0 Å².